The molecule has 0 fully saturated rings. The van der Waals surface area contributed by atoms with Crippen LogP contribution in [0.3, 0.4) is 0 Å². The van der Waals surface area contributed by atoms with Crippen molar-refractivity contribution in [2.75, 3.05) is 0 Å². The summed E-state index contributed by atoms with van der Waals surface area (Å²) in [5, 5.41) is 15.5. The Morgan fingerprint density at radius 1 is 1.09 bits per heavy atom. The lowest BCUT2D eigenvalue weighted by Crippen LogP contribution is -2.15. The molecule has 35 heavy (non-hydrogen) atoms. The van der Waals surface area contributed by atoms with Crippen LogP contribution in [0, 0.1) is 12.8 Å². The molecule has 1 atom stereocenters. The number of oxime groups is 1. The Morgan fingerprint density at radius 3 is 2.54 bits per heavy atom. The van der Waals surface area contributed by atoms with Gasteiger partial charge < -0.3 is 19.1 Å². The zero-order valence-electron chi connectivity index (χ0n) is 19.5. The van der Waals surface area contributed by atoms with Crippen molar-refractivity contribution in [1.82, 2.24) is 4.98 Å². The topological polar surface area (TPSA) is 94.2 Å². The molecule has 2 aromatic carbocycles. The minimum absolute atomic E-state index is 0.255. The van der Waals surface area contributed by atoms with Crippen molar-refractivity contribution >= 4 is 23.0 Å². The Balaban J connectivity index is 1.34. The fourth-order valence-electron chi connectivity index (χ4n) is 3.30. The molecule has 0 aliphatic heterocycles. The van der Waals surface area contributed by atoms with Gasteiger partial charge in [0.25, 0.3) is 0 Å². The molecule has 0 aliphatic rings. The van der Waals surface area contributed by atoms with Gasteiger partial charge in [-0.25, -0.2) is 4.98 Å². The number of benzene rings is 2. The predicted octanol–water partition coefficient (Wildman–Crippen LogP) is 6.32. The number of aromatic nitrogens is 1. The van der Waals surface area contributed by atoms with Gasteiger partial charge in [0, 0.05) is 6.42 Å². The molecule has 4 rings (SSSR count). The van der Waals surface area contributed by atoms with Crippen molar-refractivity contribution in [2.45, 2.75) is 33.5 Å². The van der Waals surface area contributed by atoms with E-state index in [-0.39, 0.29) is 13.0 Å². The van der Waals surface area contributed by atoms with Crippen LogP contribution in [0.15, 0.2) is 81.7 Å². The van der Waals surface area contributed by atoms with Crippen LogP contribution in [0.1, 0.15) is 35.9 Å². The van der Waals surface area contributed by atoms with Gasteiger partial charge in [0.05, 0.1) is 16.5 Å². The van der Waals surface area contributed by atoms with Gasteiger partial charge in [-0.15, -0.1) is 11.3 Å². The van der Waals surface area contributed by atoms with Crippen LogP contribution in [0.2, 0.25) is 0 Å². The van der Waals surface area contributed by atoms with E-state index in [2.05, 4.69) is 10.1 Å². The summed E-state index contributed by atoms with van der Waals surface area (Å²) < 4.78 is 11.6. The second-order valence-corrected chi connectivity index (χ2v) is 9.00. The SMILES string of the molecule is Cc1oc(-c2cccs2)nc1COc1ccc(CON=C(CC(C)C(=O)O)c2ccccc2)cc1. The second kappa shape index (κ2) is 11.5. The molecule has 0 radical (unpaired) electrons. The minimum Gasteiger partial charge on any atom is -0.487 e. The summed E-state index contributed by atoms with van der Waals surface area (Å²) in [5.41, 5.74) is 3.12. The number of oxazole rings is 1. The molecule has 2 aromatic heterocycles. The molecule has 0 saturated carbocycles. The van der Waals surface area contributed by atoms with E-state index in [1.807, 2.05) is 79.0 Å². The number of rotatable bonds is 11. The normalized spacial score (nSPS) is 12.3. The fourth-order valence-corrected chi connectivity index (χ4v) is 3.95. The molecule has 8 heteroatoms. The van der Waals surface area contributed by atoms with Crippen molar-refractivity contribution < 1.29 is 23.9 Å². The van der Waals surface area contributed by atoms with Crippen molar-refractivity contribution in [1.29, 1.82) is 0 Å². The van der Waals surface area contributed by atoms with Gasteiger partial charge in [0.15, 0.2) is 0 Å². The van der Waals surface area contributed by atoms with Gasteiger partial charge in [-0.3, -0.25) is 4.79 Å². The zero-order valence-corrected chi connectivity index (χ0v) is 20.3. The summed E-state index contributed by atoms with van der Waals surface area (Å²) in [5.74, 6) is 0.619. The average Bonchev–Trinajstić information content (AvgIpc) is 3.53. The Morgan fingerprint density at radius 2 is 1.86 bits per heavy atom. The molecule has 0 aliphatic carbocycles. The molecule has 4 aromatic rings. The molecule has 7 nitrogen and oxygen atoms in total. The lowest BCUT2D eigenvalue weighted by atomic mass is 9.99. The van der Waals surface area contributed by atoms with E-state index in [1.165, 1.54) is 0 Å². The van der Waals surface area contributed by atoms with E-state index in [4.69, 9.17) is 14.0 Å². The van der Waals surface area contributed by atoms with Gasteiger partial charge in [-0.1, -0.05) is 60.6 Å². The van der Waals surface area contributed by atoms with Crippen LogP contribution in [0.25, 0.3) is 10.8 Å². The molecule has 1 unspecified atom stereocenters. The van der Waals surface area contributed by atoms with Gasteiger partial charge in [0.2, 0.25) is 5.89 Å². The highest BCUT2D eigenvalue weighted by molar-refractivity contribution is 7.13. The Kier molecular flexibility index (Phi) is 7.95. The van der Waals surface area contributed by atoms with Crippen LogP contribution in [0.5, 0.6) is 5.75 Å². The van der Waals surface area contributed by atoms with Crippen LogP contribution < -0.4 is 4.74 Å². The number of hydrogen-bond acceptors (Lipinski definition) is 7. The first-order valence-electron chi connectivity index (χ1n) is 11.2. The monoisotopic (exact) mass is 490 g/mol. The number of carboxylic acid groups (broad SMARTS) is 1. The largest absolute Gasteiger partial charge is 0.487 e. The highest BCUT2D eigenvalue weighted by Gasteiger charge is 2.16. The third-order valence-electron chi connectivity index (χ3n) is 5.36. The number of thiophene rings is 1. The van der Waals surface area contributed by atoms with Gasteiger partial charge in [-0.05, 0) is 41.6 Å². The number of hydrogen-bond donors (Lipinski definition) is 1. The number of nitrogens with zero attached hydrogens (tertiary/aromatic N) is 2. The highest BCUT2D eigenvalue weighted by Crippen LogP contribution is 2.26. The number of aryl methyl sites for hydroxylation is 1. The van der Waals surface area contributed by atoms with E-state index < -0.39 is 11.9 Å². The summed E-state index contributed by atoms with van der Waals surface area (Å²) in [7, 11) is 0. The molecule has 0 spiro atoms. The van der Waals surface area contributed by atoms with E-state index in [1.54, 1.807) is 18.3 Å². The zero-order chi connectivity index (χ0) is 24.6. The lowest BCUT2D eigenvalue weighted by Gasteiger charge is -2.10. The summed E-state index contributed by atoms with van der Waals surface area (Å²) in [4.78, 5) is 22.4. The van der Waals surface area contributed by atoms with Crippen LogP contribution in [0.4, 0.5) is 0 Å². The maximum Gasteiger partial charge on any atom is 0.306 e. The van der Waals surface area contributed by atoms with Crippen LogP contribution in [-0.2, 0) is 22.8 Å². The van der Waals surface area contributed by atoms with Crippen molar-refractivity contribution in [2.24, 2.45) is 11.1 Å². The van der Waals surface area contributed by atoms with Gasteiger partial charge in [-0.2, -0.15) is 0 Å². The second-order valence-electron chi connectivity index (χ2n) is 8.05. The van der Waals surface area contributed by atoms with Crippen molar-refractivity contribution in [3.63, 3.8) is 0 Å². The standard InChI is InChI=1S/C27H26N2O5S/c1-18(27(30)31)15-23(21-7-4-3-5-8-21)29-33-16-20-10-12-22(13-11-20)32-17-24-19(2)34-26(28-24)25-9-6-14-35-25/h3-14,18H,15-17H2,1-2H3,(H,30,31). The van der Waals surface area contributed by atoms with E-state index in [0.717, 1.165) is 27.5 Å². The van der Waals surface area contributed by atoms with Crippen LogP contribution >= 0.6 is 11.3 Å². The van der Waals surface area contributed by atoms with Crippen LogP contribution in [-0.4, -0.2) is 21.8 Å². The van der Waals surface area contributed by atoms with E-state index in [0.29, 0.717) is 24.0 Å². The summed E-state index contributed by atoms with van der Waals surface area (Å²) >= 11 is 1.58. The number of carbonyl (C=O) groups is 1. The van der Waals surface area contributed by atoms with Crippen molar-refractivity contribution in [3.8, 4) is 16.5 Å². The fraction of sp³-hybridized carbons (Fsp3) is 0.222. The maximum atomic E-state index is 11.3. The molecule has 0 saturated heterocycles. The quantitative estimate of drug-likeness (QED) is 0.195. The number of ether oxygens (including phenoxy) is 1. The Bertz CT molecular complexity index is 1260. The third-order valence-corrected chi connectivity index (χ3v) is 6.22. The number of carboxylic acids is 1. The minimum atomic E-state index is -0.868. The molecular weight excluding hydrogens is 464 g/mol. The molecule has 180 valence electrons. The summed E-state index contributed by atoms with van der Waals surface area (Å²) in [6.45, 7) is 4.10. The van der Waals surface area contributed by atoms with Gasteiger partial charge >= 0.3 is 5.97 Å². The summed E-state index contributed by atoms with van der Waals surface area (Å²) in [6.07, 6.45) is 0.280. The Labute approximate surface area is 207 Å². The maximum absolute atomic E-state index is 11.3. The Hall–Kier alpha value is -3.91. The molecule has 2 heterocycles. The molecular formula is C27H26N2O5S. The van der Waals surface area contributed by atoms with Crippen molar-refractivity contribution in [3.05, 3.63) is 94.7 Å². The smallest absolute Gasteiger partial charge is 0.306 e. The summed E-state index contributed by atoms with van der Waals surface area (Å²) in [6, 6.07) is 20.9. The molecule has 0 bridgehead atoms. The average molecular weight is 491 g/mol. The van der Waals surface area contributed by atoms with E-state index >= 15 is 0 Å². The third kappa shape index (κ3) is 6.58. The molecule has 1 N–H and O–H groups in total. The first kappa shape index (κ1) is 24.2. The molecule has 0 amide bonds. The lowest BCUT2D eigenvalue weighted by molar-refractivity contribution is -0.140. The predicted molar refractivity (Wildman–Crippen MR) is 135 cm³/mol. The first-order valence-corrected chi connectivity index (χ1v) is 12.1. The van der Waals surface area contributed by atoms with E-state index in [9.17, 15) is 9.90 Å². The first-order chi connectivity index (χ1) is 17.0. The highest BCUT2D eigenvalue weighted by atomic mass is 32.1. The number of aliphatic carboxylic acids is 1. The van der Waals surface area contributed by atoms with Gasteiger partial charge in [0.1, 0.15) is 30.4 Å².